The van der Waals surface area contributed by atoms with E-state index >= 15 is 0 Å². The van der Waals surface area contributed by atoms with E-state index in [9.17, 15) is 22.8 Å². The Kier molecular flexibility index (Phi) is 10.4. The van der Waals surface area contributed by atoms with E-state index in [1.54, 1.807) is 71.6 Å². The van der Waals surface area contributed by atoms with Crippen LogP contribution in [0.5, 0.6) is 0 Å². The van der Waals surface area contributed by atoms with Crippen molar-refractivity contribution in [3.8, 4) is 0 Å². The molecule has 3 aromatic carbocycles. The minimum absolute atomic E-state index is 0.0594. The van der Waals surface area contributed by atoms with Crippen LogP contribution in [0.1, 0.15) is 38.3 Å². The minimum atomic E-state index is -3.80. The summed E-state index contributed by atoms with van der Waals surface area (Å²) in [4.78, 5) is 42.7. The molecule has 1 atom stereocenters. The summed E-state index contributed by atoms with van der Waals surface area (Å²) < 4.78 is 27.7. The Morgan fingerprint density at radius 2 is 1.75 bits per heavy atom. The highest BCUT2D eigenvalue weighted by Crippen LogP contribution is 2.25. The summed E-state index contributed by atoms with van der Waals surface area (Å²) in [6.07, 6.45) is 1.87. The number of nitrogens with zero attached hydrogens (tertiary/aromatic N) is 3. The highest BCUT2D eigenvalue weighted by atomic mass is 35.5. The molecule has 2 amide bonds. The fourth-order valence-electron chi connectivity index (χ4n) is 4.65. The summed E-state index contributed by atoms with van der Waals surface area (Å²) in [5.74, 6) is -2.24. The number of hydrogen-bond donors (Lipinski definition) is 4. The van der Waals surface area contributed by atoms with E-state index in [0.717, 1.165) is 5.41 Å². The van der Waals surface area contributed by atoms with Crippen molar-refractivity contribution in [2.45, 2.75) is 19.0 Å². The van der Waals surface area contributed by atoms with Crippen LogP contribution < -0.4 is 16.8 Å². The number of amides is 2. The van der Waals surface area contributed by atoms with Gasteiger partial charge in [-0.05, 0) is 72.2 Å². The predicted octanol–water partition coefficient (Wildman–Crippen LogP) is 2.78. The van der Waals surface area contributed by atoms with Gasteiger partial charge in [0, 0.05) is 47.2 Å². The standard InChI is InChI=1S/C30H31ClN6O6S/c31-24-8-4-20(5-9-24)13-15-44(42,43)36-14-12-26(19-36)37(29(41)22-6-10-25(11-7-22)35-30(32)33)18-21-2-1-3-23(16-21)28(40)34-17-27(38)39/h1-11,13,15-16,26H,12,14,17-19H2,(H,34,40)(H,38,39)(H4,32,33,35)/b15-13+. The summed E-state index contributed by atoms with van der Waals surface area (Å²) in [7, 11) is -3.80. The van der Waals surface area contributed by atoms with Crippen molar-refractivity contribution in [2.24, 2.45) is 16.5 Å². The molecule has 3 aromatic rings. The molecule has 1 aliphatic rings. The number of aliphatic imine (C=N–C) groups is 1. The van der Waals surface area contributed by atoms with Crippen LogP contribution in [-0.4, -0.2) is 72.1 Å². The average molecular weight is 639 g/mol. The number of rotatable bonds is 11. The van der Waals surface area contributed by atoms with Crippen LogP contribution in [0.3, 0.4) is 0 Å². The number of nitrogens with one attached hydrogen (secondary N) is 1. The molecule has 0 bridgehead atoms. The molecule has 1 unspecified atom stereocenters. The van der Waals surface area contributed by atoms with Crippen LogP contribution in [0.2, 0.25) is 5.02 Å². The molecular formula is C30H31ClN6O6S. The van der Waals surface area contributed by atoms with E-state index in [0.29, 0.717) is 33.8 Å². The third-order valence-electron chi connectivity index (χ3n) is 6.80. The maximum absolute atomic E-state index is 13.9. The number of sulfonamides is 1. The van der Waals surface area contributed by atoms with Gasteiger partial charge in [0.1, 0.15) is 6.54 Å². The number of aliphatic carboxylic acids is 1. The molecule has 1 aliphatic heterocycles. The predicted molar refractivity (Wildman–Crippen MR) is 168 cm³/mol. The van der Waals surface area contributed by atoms with E-state index in [-0.39, 0.29) is 37.1 Å². The van der Waals surface area contributed by atoms with Crippen molar-refractivity contribution in [1.29, 1.82) is 0 Å². The average Bonchev–Trinajstić information content (AvgIpc) is 3.49. The monoisotopic (exact) mass is 638 g/mol. The number of carbonyl (C=O) groups is 3. The molecule has 0 saturated carbocycles. The number of nitrogens with two attached hydrogens (primary N) is 2. The molecule has 0 aliphatic carbocycles. The van der Waals surface area contributed by atoms with E-state index in [2.05, 4.69) is 10.3 Å². The van der Waals surface area contributed by atoms with Gasteiger partial charge in [0.15, 0.2) is 5.96 Å². The van der Waals surface area contributed by atoms with E-state index in [1.807, 2.05) is 0 Å². The molecule has 0 radical (unpaired) electrons. The summed E-state index contributed by atoms with van der Waals surface area (Å²) in [5, 5.41) is 12.9. The fourth-order valence-corrected chi connectivity index (χ4v) is 6.01. The first-order chi connectivity index (χ1) is 20.9. The van der Waals surface area contributed by atoms with E-state index in [1.165, 1.54) is 16.4 Å². The van der Waals surface area contributed by atoms with Crippen molar-refractivity contribution in [3.05, 3.63) is 105 Å². The molecule has 0 aromatic heterocycles. The molecule has 1 heterocycles. The van der Waals surface area contributed by atoms with Gasteiger partial charge in [-0.25, -0.2) is 13.4 Å². The van der Waals surface area contributed by atoms with Crippen LogP contribution in [0.15, 0.2) is 83.2 Å². The zero-order chi connectivity index (χ0) is 31.9. The van der Waals surface area contributed by atoms with Crippen LogP contribution >= 0.6 is 11.6 Å². The Balaban J connectivity index is 1.58. The van der Waals surface area contributed by atoms with Gasteiger partial charge in [-0.2, -0.15) is 4.31 Å². The third kappa shape index (κ3) is 8.66. The normalized spacial score (nSPS) is 15.2. The first-order valence-electron chi connectivity index (χ1n) is 13.4. The van der Waals surface area contributed by atoms with Gasteiger partial charge in [0.05, 0.1) is 5.69 Å². The van der Waals surface area contributed by atoms with Crippen LogP contribution in [-0.2, 0) is 21.4 Å². The number of benzene rings is 3. The number of carboxylic acids is 1. The summed E-state index contributed by atoms with van der Waals surface area (Å²) in [6.45, 7) is -0.219. The molecule has 0 spiro atoms. The molecule has 1 saturated heterocycles. The van der Waals surface area contributed by atoms with E-state index < -0.39 is 34.5 Å². The van der Waals surface area contributed by atoms with Crippen molar-refractivity contribution >= 4 is 57.1 Å². The van der Waals surface area contributed by atoms with Gasteiger partial charge in [0.25, 0.3) is 11.8 Å². The molecule has 4 rings (SSSR count). The Morgan fingerprint density at radius 3 is 2.41 bits per heavy atom. The highest BCUT2D eigenvalue weighted by Gasteiger charge is 2.35. The van der Waals surface area contributed by atoms with Gasteiger partial charge in [-0.15, -0.1) is 0 Å². The lowest BCUT2D eigenvalue weighted by Gasteiger charge is -2.29. The Labute approximate surface area is 259 Å². The number of hydrogen-bond acceptors (Lipinski definition) is 6. The van der Waals surface area contributed by atoms with Gasteiger partial charge in [-0.3, -0.25) is 14.4 Å². The molecule has 44 heavy (non-hydrogen) atoms. The summed E-state index contributed by atoms with van der Waals surface area (Å²) in [5.41, 5.74) is 13.2. The number of carbonyl (C=O) groups excluding carboxylic acids is 2. The number of guanidine groups is 1. The molecule has 1 fully saturated rings. The van der Waals surface area contributed by atoms with E-state index in [4.69, 9.17) is 28.2 Å². The lowest BCUT2D eigenvalue weighted by molar-refractivity contribution is -0.135. The second-order valence-electron chi connectivity index (χ2n) is 9.99. The first-order valence-corrected chi connectivity index (χ1v) is 15.3. The Hall–Kier alpha value is -4.72. The summed E-state index contributed by atoms with van der Waals surface area (Å²) >= 11 is 5.92. The lowest BCUT2D eigenvalue weighted by atomic mass is 10.1. The molecular weight excluding hydrogens is 608 g/mol. The van der Waals surface area contributed by atoms with Gasteiger partial charge in [0.2, 0.25) is 10.0 Å². The second-order valence-corrected chi connectivity index (χ2v) is 12.2. The Morgan fingerprint density at radius 1 is 1.05 bits per heavy atom. The minimum Gasteiger partial charge on any atom is -0.480 e. The van der Waals surface area contributed by atoms with Crippen LogP contribution in [0.4, 0.5) is 5.69 Å². The second kappa shape index (κ2) is 14.2. The summed E-state index contributed by atoms with van der Waals surface area (Å²) in [6, 6.07) is 19.0. The maximum atomic E-state index is 13.9. The topological polar surface area (TPSA) is 188 Å². The van der Waals surface area contributed by atoms with Crippen molar-refractivity contribution in [3.63, 3.8) is 0 Å². The molecule has 6 N–H and O–H groups in total. The van der Waals surface area contributed by atoms with Gasteiger partial charge < -0.3 is 26.8 Å². The van der Waals surface area contributed by atoms with Crippen LogP contribution in [0, 0.1) is 0 Å². The SMILES string of the molecule is NC(N)=Nc1ccc(C(=O)N(Cc2cccc(C(=O)NCC(=O)O)c2)C2CCN(S(=O)(=O)/C=C/c3ccc(Cl)cc3)C2)cc1. The van der Waals surface area contributed by atoms with Gasteiger partial charge >= 0.3 is 5.97 Å². The van der Waals surface area contributed by atoms with Gasteiger partial charge in [-0.1, -0.05) is 35.9 Å². The van der Waals surface area contributed by atoms with Crippen molar-refractivity contribution in [1.82, 2.24) is 14.5 Å². The Bertz CT molecular complexity index is 1690. The highest BCUT2D eigenvalue weighted by molar-refractivity contribution is 7.92. The molecule has 14 heteroatoms. The quantitative estimate of drug-likeness (QED) is 0.182. The van der Waals surface area contributed by atoms with Crippen molar-refractivity contribution < 1.29 is 27.9 Å². The fraction of sp³-hybridized carbons (Fsp3) is 0.200. The smallest absolute Gasteiger partial charge is 0.322 e. The number of carboxylic acid groups (broad SMARTS) is 1. The zero-order valence-corrected chi connectivity index (χ0v) is 25.0. The molecule has 12 nitrogen and oxygen atoms in total. The first kappa shape index (κ1) is 32.2. The lowest BCUT2D eigenvalue weighted by Crippen LogP contribution is -2.42. The largest absolute Gasteiger partial charge is 0.480 e. The maximum Gasteiger partial charge on any atom is 0.322 e. The number of halogens is 1. The molecule has 230 valence electrons. The van der Waals surface area contributed by atoms with Crippen molar-refractivity contribution in [2.75, 3.05) is 19.6 Å². The third-order valence-corrected chi connectivity index (χ3v) is 8.59. The zero-order valence-electron chi connectivity index (χ0n) is 23.5. The van der Waals surface area contributed by atoms with Crippen LogP contribution in [0.25, 0.3) is 6.08 Å².